The second kappa shape index (κ2) is 9.90. The molecule has 30 heavy (non-hydrogen) atoms. The summed E-state index contributed by atoms with van der Waals surface area (Å²) in [5.74, 6) is 0.722. The van der Waals surface area contributed by atoms with Crippen molar-refractivity contribution in [2.45, 2.75) is 38.7 Å². The van der Waals surface area contributed by atoms with Crippen molar-refractivity contribution in [2.24, 2.45) is 0 Å². The molecular weight excluding hydrogens is 464 g/mol. The summed E-state index contributed by atoms with van der Waals surface area (Å²) >= 11 is 5.04. The number of fused-ring (bicyclic) bond motifs is 1. The van der Waals surface area contributed by atoms with Crippen LogP contribution in [0.25, 0.3) is 10.2 Å². The lowest BCUT2D eigenvalue weighted by Gasteiger charge is -2.23. The summed E-state index contributed by atoms with van der Waals surface area (Å²) < 4.78 is 13.6. The van der Waals surface area contributed by atoms with Crippen molar-refractivity contribution in [2.75, 3.05) is 24.7 Å². The van der Waals surface area contributed by atoms with E-state index in [4.69, 9.17) is 14.5 Å². The molecule has 1 saturated heterocycles. The minimum absolute atomic E-state index is 0.0457. The van der Waals surface area contributed by atoms with Crippen LogP contribution in [0.4, 0.5) is 5.13 Å². The number of anilines is 1. The van der Waals surface area contributed by atoms with Gasteiger partial charge in [0.15, 0.2) is 5.13 Å². The van der Waals surface area contributed by atoms with Gasteiger partial charge in [0, 0.05) is 16.6 Å². The third kappa shape index (κ3) is 5.02. The van der Waals surface area contributed by atoms with Crippen LogP contribution in [0.3, 0.4) is 0 Å². The number of carbonyl (C=O) groups excluding carboxylic acids is 1. The molecule has 4 rings (SSSR count). The summed E-state index contributed by atoms with van der Waals surface area (Å²) in [6, 6.07) is 13.4. The second-order valence-corrected chi connectivity index (χ2v) is 9.31. The minimum Gasteiger partial charge on any atom is -0.494 e. The quantitative estimate of drug-likeness (QED) is 0.361. The van der Waals surface area contributed by atoms with Gasteiger partial charge in [0.2, 0.25) is 0 Å². The lowest BCUT2D eigenvalue weighted by molar-refractivity contribution is 0.0917. The van der Waals surface area contributed by atoms with E-state index < -0.39 is 0 Å². The molecule has 5 nitrogen and oxygen atoms in total. The molecule has 2 heterocycles. The molecule has 0 N–H and O–H groups in total. The maximum Gasteiger partial charge on any atom is 0.260 e. The van der Waals surface area contributed by atoms with E-state index in [1.807, 2.05) is 42.5 Å². The first-order valence-electron chi connectivity index (χ1n) is 10.4. The van der Waals surface area contributed by atoms with Gasteiger partial charge in [-0.2, -0.15) is 0 Å². The van der Waals surface area contributed by atoms with Crippen molar-refractivity contribution in [1.82, 2.24) is 4.98 Å². The number of thiazole rings is 1. The van der Waals surface area contributed by atoms with Crippen LogP contribution in [0.2, 0.25) is 0 Å². The Balaban J connectivity index is 1.58. The van der Waals surface area contributed by atoms with E-state index in [1.54, 1.807) is 4.90 Å². The van der Waals surface area contributed by atoms with Gasteiger partial charge in [0.05, 0.1) is 29.5 Å². The Labute approximate surface area is 189 Å². The largest absolute Gasteiger partial charge is 0.494 e. The summed E-state index contributed by atoms with van der Waals surface area (Å²) in [5.41, 5.74) is 1.51. The first-order chi connectivity index (χ1) is 14.6. The fourth-order valence-electron chi connectivity index (χ4n) is 3.43. The molecule has 1 amide bonds. The van der Waals surface area contributed by atoms with Crippen molar-refractivity contribution in [1.29, 1.82) is 0 Å². The molecule has 0 aliphatic carbocycles. The molecule has 0 saturated carbocycles. The van der Waals surface area contributed by atoms with Crippen LogP contribution in [-0.4, -0.2) is 36.8 Å². The number of unbranched alkanes of at least 4 members (excludes halogenated alkanes) is 1. The molecule has 3 aromatic rings. The van der Waals surface area contributed by atoms with Gasteiger partial charge >= 0.3 is 0 Å². The van der Waals surface area contributed by atoms with Crippen LogP contribution in [0.15, 0.2) is 46.9 Å². The topological polar surface area (TPSA) is 51.7 Å². The minimum atomic E-state index is -0.0660. The molecule has 158 valence electrons. The molecule has 1 aliphatic rings. The van der Waals surface area contributed by atoms with Gasteiger partial charge in [0.25, 0.3) is 5.91 Å². The van der Waals surface area contributed by atoms with Crippen molar-refractivity contribution >= 4 is 48.5 Å². The number of benzene rings is 2. The zero-order valence-corrected chi connectivity index (χ0v) is 19.4. The van der Waals surface area contributed by atoms with Crippen LogP contribution < -0.4 is 9.64 Å². The molecule has 0 bridgehead atoms. The molecule has 0 radical (unpaired) electrons. The molecule has 0 spiro atoms. The molecule has 1 atom stereocenters. The van der Waals surface area contributed by atoms with Crippen LogP contribution in [0.1, 0.15) is 43.0 Å². The van der Waals surface area contributed by atoms with E-state index in [0.29, 0.717) is 23.8 Å². The summed E-state index contributed by atoms with van der Waals surface area (Å²) in [6.45, 7) is 4.09. The Hall–Kier alpha value is -1.96. The summed E-state index contributed by atoms with van der Waals surface area (Å²) in [7, 11) is 0. The third-order valence-corrected chi connectivity index (χ3v) is 6.63. The highest BCUT2D eigenvalue weighted by atomic mass is 79.9. The predicted octanol–water partition coefficient (Wildman–Crippen LogP) is 6.06. The number of rotatable bonds is 8. The summed E-state index contributed by atoms with van der Waals surface area (Å²) in [6.07, 6.45) is 4.15. The Morgan fingerprint density at radius 3 is 2.87 bits per heavy atom. The first kappa shape index (κ1) is 21.3. The number of ether oxygens (including phenoxy) is 2. The summed E-state index contributed by atoms with van der Waals surface area (Å²) in [4.78, 5) is 19.9. The van der Waals surface area contributed by atoms with Crippen LogP contribution in [0.5, 0.6) is 5.75 Å². The SMILES string of the molecule is CCCCOc1ccc(C(=O)N(CC2CCCO2)c2nc3ccc(Br)cc3s2)cc1. The Morgan fingerprint density at radius 1 is 1.30 bits per heavy atom. The van der Waals surface area contributed by atoms with Crippen molar-refractivity contribution in [3.63, 3.8) is 0 Å². The monoisotopic (exact) mass is 488 g/mol. The zero-order chi connectivity index (χ0) is 20.9. The number of hydrogen-bond acceptors (Lipinski definition) is 5. The highest BCUT2D eigenvalue weighted by molar-refractivity contribution is 9.10. The fourth-order valence-corrected chi connectivity index (χ4v) is 4.95. The number of halogens is 1. The van der Waals surface area contributed by atoms with E-state index >= 15 is 0 Å². The fraction of sp³-hybridized carbons (Fsp3) is 0.391. The Kier molecular flexibility index (Phi) is 7.02. The van der Waals surface area contributed by atoms with Crippen molar-refractivity contribution in [3.8, 4) is 5.75 Å². The lowest BCUT2D eigenvalue weighted by Crippen LogP contribution is -2.37. The smallest absolute Gasteiger partial charge is 0.260 e. The van der Waals surface area contributed by atoms with Gasteiger partial charge in [0.1, 0.15) is 5.75 Å². The maximum atomic E-state index is 13.4. The normalized spacial score (nSPS) is 16.1. The van der Waals surface area contributed by atoms with E-state index in [0.717, 1.165) is 52.7 Å². The van der Waals surface area contributed by atoms with Crippen LogP contribution in [0, 0.1) is 0 Å². The number of carbonyl (C=O) groups is 1. The second-order valence-electron chi connectivity index (χ2n) is 7.39. The van der Waals surface area contributed by atoms with E-state index in [2.05, 4.69) is 22.9 Å². The highest BCUT2D eigenvalue weighted by Crippen LogP contribution is 2.32. The zero-order valence-electron chi connectivity index (χ0n) is 17.0. The van der Waals surface area contributed by atoms with E-state index in [1.165, 1.54) is 11.3 Å². The van der Waals surface area contributed by atoms with Crippen LogP contribution >= 0.6 is 27.3 Å². The van der Waals surface area contributed by atoms with Gasteiger partial charge in [-0.25, -0.2) is 4.98 Å². The van der Waals surface area contributed by atoms with Gasteiger partial charge in [-0.1, -0.05) is 40.6 Å². The van der Waals surface area contributed by atoms with Gasteiger partial charge in [-0.3, -0.25) is 9.69 Å². The predicted molar refractivity (Wildman–Crippen MR) is 125 cm³/mol. The molecule has 1 unspecified atom stereocenters. The average molecular weight is 489 g/mol. The number of aromatic nitrogens is 1. The third-order valence-electron chi connectivity index (χ3n) is 5.09. The molecule has 1 aromatic heterocycles. The summed E-state index contributed by atoms with van der Waals surface area (Å²) in [5, 5.41) is 0.701. The van der Waals surface area contributed by atoms with Gasteiger partial charge < -0.3 is 9.47 Å². The van der Waals surface area contributed by atoms with Crippen LogP contribution in [-0.2, 0) is 4.74 Å². The number of amides is 1. The Morgan fingerprint density at radius 2 is 2.13 bits per heavy atom. The van der Waals surface area contributed by atoms with E-state index in [9.17, 15) is 4.79 Å². The number of nitrogens with zero attached hydrogens (tertiary/aromatic N) is 2. The van der Waals surface area contributed by atoms with E-state index in [-0.39, 0.29) is 12.0 Å². The first-order valence-corrected chi connectivity index (χ1v) is 12.0. The lowest BCUT2D eigenvalue weighted by atomic mass is 10.1. The molecule has 7 heteroatoms. The molecular formula is C23H25BrN2O3S. The van der Waals surface area contributed by atoms with Gasteiger partial charge in [-0.05, 0) is 61.7 Å². The average Bonchev–Trinajstić information content (AvgIpc) is 3.41. The molecule has 1 aliphatic heterocycles. The van der Waals surface area contributed by atoms with Gasteiger partial charge in [-0.15, -0.1) is 0 Å². The molecule has 2 aromatic carbocycles. The van der Waals surface area contributed by atoms with Crippen molar-refractivity contribution < 1.29 is 14.3 Å². The highest BCUT2D eigenvalue weighted by Gasteiger charge is 2.27. The van der Waals surface area contributed by atoms with Crippen molar-refractivity contribution in [3.05, 3.63) is 52.5 Å². The molecule has 1 fully saturated rings. The Bertz CT molecular complexity index is 999. The number of hydrogen-bond donors (Lipinski definition) is 0. The maximum absolute atomic E-state index is 13.4. The standard InChI is InChI=1S/C23H25BrN2O3S/c1-2-3-12-28-18-9-6-16(7-10-18)22(27)26(15-19-5-4-13-29-19)23-25-20-11-8-17(24)14-21(20)30-23/h6-11,14,19H,2-5,12-13,15H2,1H3.